The van der Waals surface area contributed by atoms with Gasteiger partial charge in [-0.3, -0.25) is 4.79 Å². The third kappa shape index (κ3) is 2.61. The van der Waals surface area contributed by atoms with Crippen molar-refractivity contribution in [2.45, 2.75) is 83.4 Å². The van der Waals surface area contributed by atoms with E-state index in [1.54, 1.807) is 19.1 Å². The van der Waals surface area contributed by atoms with Crippen molar-refractivity contribution in [2.24, 2.45) is 28.6 Å². The van der Waals surface area contributed by atoms with Gasteiger partial charge >= 0.3 is 5.97 Å². The number of ether oxygens (including phenoxy) is 1. The van der Waals surface area contributed by atoms with Gasteiger partial charge in [-0.15, -0.1) is 0 Å². The van der Waals surface area contributed by atoms with Gasteiger partial charge in [0.2, 0.25) is 0 Å². The molecule has 0 aromatic carbocycles. The summed E-state index contributed by atoms with van der Waals surface area (Å²) in [5.74, 6) is -1.72. The standard InChI is InChI=1S/C24H36O7/c1-6-7-16(25)31-11-14-8-15-17-21(4,5)23(17,29)10-13(3)22(20(15)28)9-12(2)18(26)24(22,30)19(14)27/h8-9,13,15,17-20,26-30H,6-7,10-11H2,1-5H3/t13-,15+,17-,18+,19-,20?,22+,23+,24-/m1/s1. The van der Waals surface area contributed by atoms with Crippen LogP contribution in [0.4, 0.5) is 0 Å². The zero-order valence-corrected chi connectivity index (χ0v) is 19.0. The zero-order valence-electron chi connectivity index (χ0n) is 19.0. The van der Waals surface area contributed by atoms with Crippen LogP contribution in [0.3, 0.4) is 0 Å². The van der Waals surface area contributed by atoms with Crippen LogP contribution in [0.15, 0.2) is 23.3 Å². The van der Waals surface area contributed by atoms with Crippen LogP contribution in [-0.2, 0) is 9.53 Å². The van der Waals surface area contributed by atoms with E-state index in [1.807, 2.05) is 27.7 Å². The molecule has 1 unspecified atom stereocenters. The van der Waals surface area contributed by atoms with Crippen LogP contribution in [0.2, 0.25) is 0 Å². The minimum atomic E-state index is -2.11. The van der Waals surface area contributed by atoms with Crippen molar-refractivity contribution in [3.8, 4) is 0 Å². The number of carbonyl (C=O) groups is 1. The fourth-order valence-corrected chi connectivity index (χ4v) is 7.27. The number of aliphatic hydroxyl groups is 5. The lowest BCUT2D eigenvalue weighted by atomic mass is 9.58. The maximum Gasteiger partial charge on any atom is 0.306 e. The van der Waals surface area contributed by atoms with E-state index in [0.717, 1.165) is 0 Å². The van der Waals surface area contributed by atoms with Crippen LogP contribution in [-0.4, -0.2) is 67.6 Å². The maximum absolute atomic E-state index is 12.0. The van der Waals surface area contributed by atoms with Gasteiger partial charge in [0.1, 0.15) is 24.4 Å². The van der Waals surface area contributed by atoms with Crippen molar-refractivity contribution in [1.82, 2.24) is 0 Å². The molecule has 174 valence electrons. The van der Waals surface area contributed by atoms with E-state index < -0.39 is 58.1 Å². The van der Waals surface area contributed by atoms with Gasteiger partial charge in [0, 0.05) is 23.7 Å². The van der Waals surface area contributed by atoms with Crippen molar-refractivity contribution in [3.05, 3.63) is 23.3 Å². The Hall–Kier alpha value is -1.25. The monoisotopic (exact) mass is 436 g/mol. The molecular weight excluding hydrogens is 400 g/mol. The number of esters is 1. The number of hydrogen-bond donors (Lipinski definition) is 5. The Morgan fingerprint density at radius 3 is 2.45 bits per heavy atom. The molecular formula is C24H36O7. The SMILES string of the molecule is CCCC(=O)OCC1=C[C@@H]2C(O)[C@]3(C=C(C)[C@H](O)[C@@]3(O)[C@@H]1O)[C@H](C)C[C@]1(O)[C@H]2C1(C)C. The van der Waals surface area contributed by atoms with Crippen LogP contribution in [0.1, 0.15) is 53.9 Å². The molecule has 7 nitrogen and oxygen atoms in total. The van der Waals surface area contributed by atoms with Crippen LogP contribution < -0.4 is 0 Å². The number of fused-ring (bicyclic) bond motifs is 3. The van der Waals surface area contributed by atoms with E-state index in [4.69, 9.17) is 4.74 Å². The van der Waals surface area contributed by atoms with Gasteiger partial charge in [0.05, 0.1) is 17.1 Å². The highest BCUT2D eigenvalue weighted by molar-refractivity contribution is 5.69. The van der Waals surface area contributed by atoms with Gasteiger partial charge in [0.25, 0.3) is 0 Å². The smallest absolute Gasteiger partial charge is 0.306 e. The van der Waals surface area contributed by atoms with E-state index in [9.17, 15) is 30.3 Å². The molecule has 0 amide bonds. The summed E-state index contributed by atoms with van der Waals surface area (Å²) in [7, 11) is 0. The molecule has 4 aliphatic carbocycles. The van der Waals surface area contributed by atoms with Gasteiger partial charge in [-0.2, -0.15) is 0 Å². The van der Waals surface area contributed by atoms with E-state index in [0.29, 0.717) is 18.4 Å². The fraction of sp³-hybridized carbons (Fsp3) is 0.792. The minimum Gasteiger partial charge on any atom is -0.461 e. The fourth-order valence-electron chi connectivity index (χ4n) is 7.27. The van der Waals surface area contributed by atoms with Gasteiger partial charge in [-0.1, -0.05) is 39.8 Å². The molecule has 0 saturated heterocycles. The molecule has 0 aromatic rings. The lowest BCUT2D eigenvalue weighted by molar-refractivity contribution is -0.216. The summed E-state index contributed by atoms with van der Waals surface area (Å²) < 4.78 is 5.35. The summed E-state index contributed by atoms with van der Waals surface area (Å²) in [6, 6.07) is 0. The normalized spacial score (nSPS) is 49.7. The van der Waals surface area contributed by atoms with Crippen molar-refractivity contribution in [3.63, 3.8) is 0 Å². The lowest BCUT2D eigenvalue weighted by Gasteiger charge is -2.51. The van der Waals surface area contributed by atoms with E-state index in [2.05, 4.69) is 0 Å². The van der Waals surface area contributed by atoms with Crippen molar-refractivity contribution in [1.29, 1.82) is 0 Å². The second-order valence-electron chi connectivity index (χ2n) is 10.9. The summed E-state index contributed by atoms with van der Waals surface area (Å²) in [6.07, 6.45) is 0.481. The topological polar surface area (TPSA) is 127 Å². The highest BCUT2D eigenvalue weighted by Crippen LogP contribution is 2.74. The van der Waals surface area contributed by atoms with Gasteiger partial charge in [-0.05, 0) is 36.8 Å². The van der Waals surface area contributed by atoms with Gasteiger partial charge in [0.15, 0.2) is 0 Å². The molecule has 1 spiro atoms. The first-order chi connectivity index (χ1) is 14.3. The second kappa shape index (κ2) is 6.87. The third-order valence-corrected chi connectivity index (χ3v) is 9.03. The summed E-state index contributed by atoms with van der Waals surface area (Å²) in [4.78, 5) is 12.0. The molecule has 7 heteroatoms. The molecule has 2 bridgehead atoms. The molecule has 9 atom stereocenters. The number of aliphatic hydroxyl groups excluding tert-OH is 3. The van der Waals surface area contributed by atoms with Crippen LogP contribution in [0, 0.1) is 28.6 Å². The third-order valence-electron chi connectivity index (χ3n) is 9.03. The zero-order chi connectivity index (χ0) is 23.1. The molecule has 4 rings (SSSR count). The van der Waals surface area contributed by atoms with Crippen molar-refractivity contribution >= 4 is 5.97 Å². The molecule has 0 aliphatic heterocycles. The van der Waals surface area contributed by atoms with Crippen molar-refractivity contribution < 1.29 is 35.1 Å². The van der Waals surface area contributed by atoms with Gasteiger partial charge in [-0.25, -0.2) is 0 Å². The maximum atomic E-state index is 12.0. The molecule has 0 heterocycles. The Morgan fingerprint density at radius 2 is 1.84 bits per heavy atom. The molecule has 0 aromatic heterocycles. The van der Waals surface area contributed by atoms with E-state index in [-0.39, 0.29) is 24.5 Å². The largest absolute Gasteiger partial charge is 0.461 e. The van der Waals surface area contributed by atoms with E-state index in [1.165, 1.54) is 0 Å². The average molecular weight is 437 g/mol. The summed E-state index contributed by atoms with van der Waals surface area (Å²) >= 11 is 0. The Morgan fingerprint density at radius 1 is 1.19 bits per heavy atom. The Kier molecular flexibility index (Phi) is 5.08. The Balaban J connectivity index is 1.86. The minimum absolute atomic E-state index is 0.235. The second-order valence-corrected chi connectivity index (χ2v) is 10.9. The van der Waals surface area contributed by atoms with Crippen LogP contribution in [0.25, 0.3) is 0 Å². The van der Waals surface area contributed by atoms with E-state index >= 15 is 0 Å². The summed E-state index contributed by atoms with van der Waals surface area (Å²) in [5, 5.41) is 57.6. The molecule has 4 aliphatic rings. The summed E-state index contributed by atoms with van der Waals surface area (Å²) in [6.45, 7) is 9.05. The predicted molar refractivity (Wildman–Crippen MR) is 113 cm³/mol. The van der Waals surface area contributed by atoms with Crippen LogP contribution in [0.5, 0.6) is 0 Å². The molecule has 2 fully saturated rings. The first-order valence-electron chi connectivity index (χ1n) is 11.3. The van der Waals surface area contributed by atoms with Crippen LogP contribution >= 0.6 is 0 Å². The quantitative estimate of drug-likeness (QED) is 0.329. The number of rotatable bonds is 4. The molecule has 31 heavy (non-hydrogen) atoms. The number of hydrogen-bond acceptors (Lipinski definition) is 7. The molecule has 0 radical (unpaired) electrons. The average Bonchev–Trinajstić information content (AvgIpc) is 3.07. The highest BCUT2D eigenvalue weighted by atomic mass is 16.5. The predicted octanol–water partition coefficient (Wildman–Crippen LogP) is 1.07. The first kappa shape index (κ1) is 22.9. The van der Waals surface area contributed by atoms with Gasteiger partial charge < -0.3 is 30.3 Å². The Labute approximate surface area is 183 Å². The highest BCUT2D eigenvalue weighted by Gasteiger charge is 2.80. The Bertz CT molecular complexity index is 847. The molecule has 2 saturated carbocycles. The number of carbonyl (C=O) groups excluding carboxylic acids is 1. The summed E-state index contributed by atoms with van der Waals surface area (Å²) in [5.41, 5.74) is -4.24. The molecule has 5 N–H and O–H groups in total. The lowest BCUT2D eigenvalue weighted by Crippen LogP contribution is -2.66. The first-order valence-corrected chi connectivity index (χ1v) is 11.3. The van der Waals surface area contributed by atoms with Crippen molar-refractivity contribution in [2.75, 3.05) is 6.61 Å².